The fraction of sp³-hybridized carbons (Fsp3) is 0.823. The molecule has 0 spiro atoms. The number of hydrogen-bond acceptors (Lipinski definition) is 6. The van der Waals surface area contributed by atoms with E-state index in [1.165, 1.54) is 186 Å². The maximum absolute atomic E-state index is 12.9. The number of unbranched alkanes of at least 4 members (excludes halogenated alkanes) is 35. The molecule has 0 aliphatic heterocycles. The molecule has 0 heterocycles. The van der Waals surface area contributed by atoms with E-state index in [1.54, 1.807) is 0 Å². The van der Waals surface area contributed by atoms with Crippen LogP contribution in [0.5, 0.6) is 0 Å². The Hall–Kier alpha value is -2.63. The largest absolute Gasteiger partial charge is 0.462 e. The fourth-order valence-electron chi connectivity index (χ4n) is 8.55. The van der Waals surface area contributed by atoms with Crippen molar-refractivity contribution in [1.29, 1.82) is 0 Å². The minimum Gasteiger partial charge on any atom is -0.462 e. The van der Waals surface area contributed by atoms with E-state index in [9.17, 15) is 14.4 Å². The zero-order valence-electron chi connectivity index (χ0n) is 45.4. The number of carbonyl (C=O) groups excluding carboxylic acids is 3. The smallest absolute Gasteiger partial charge is 0.306 e. The van der Waals surface area contributed by atoms with Gasteiger partial charge in [-0.1, -0.05) is 262 Å². The molecule has 1 atom stereocenters. The summed E-state index contributed by atoms with van der Waals surface area (Å²) in [6, 6.07) is 0. The first-order valence-corrected chi connectivity index (χ1v) is 29.6. The van der Waals surface area contributed by atoms with Crippen molar-refractivity contribution < 1.29 is 28.6 Å². The molecule has 6 nitrogen and oxygen atoms in total. The van der Waals surface area contributed by atoms with Crippen molar-refractivity contribution in [2.45, 2.75) is 316 Å². The number of ether oxygens (including phenoxy) is 3. The molecule has 0 aromatic rings. The highest BCUT2D eigenvalue weighted by Gasteiger charge is 2.19. The van der Waals surface area contributed by atoms with E-state index in [0.717, 1.165) is 83.5 Å². The van der Waals surface area contributed by atoms with E-state index in [0.29, 0.717) is 19.3 Å². The van der Waals surface area contributed by atoms with E-state index in [2.05, 4.69) is 69.4 Å². The summed E-state index contributed by atoms with van der Waals surface area (Å²) in [5.74, 6) is -0.879. The third-order valence-corrected chi connectivity index (χ3v) is 13.1. The molecule has 0 radical (unpaired) electrons. The Morgan fingerprint density at radius 2 is 0.544 bits per heavy atom. The average Bonchev–Trinajstić information content (AvgIpc) is 3.34. The first kappa shape index (κ1) is 65.4. The van der Waals surface area contributed by atoms with Crippen molar-refractivity contribution in [2.24, 2.45) is 0 Å². The molecule has 0 aliphatic rings. The summed E-state index contributed by atoms with van der Waals surface area (Å²) in [7, 11) is 0. The van der Waals surface area contributed by atoms with Crippen LogP contribution in [-0.2, 0) is 28.6 Å². The summed E-state index contributed by atoms with van der Waals surface area (Å²) in [5, 5.41) is 0. The van der Waals surface area contributed by atoms with Crippen LogP contribution in [0.1, 0.15) is 310 Å². The standard InChI is InChI=1S/C62H112O6/c1-4-7-10-13-16-19-22-25-28-29-30-31-32-33-35-37-40-43-46-49-52-55-61(64)67-58-59(57-66-60(63)54-51-48-45-42-39-36-27-24-21-18-15-12-9-6-3)68-62(65)56-53-50-47-44-41-38-34-26-23-20-17-14-11-8-5-2/h15,18,22,24-25,27,29-30,59H,4-14,16-17,19-21,23,26,28,31-58H2,1-3H3/b18-15-,25-22-,27-24-,30-29-. The number of carbonyl (C=O) groups is 3. The minimum atomic E-state index is -0.778. The predicted octanol–water partition coefficient (Wildman–Crippen LogP) is 19.8. The molecular weight excluding hydrogens is 841 g/mol. The van der Waals surface area contributed by atoms with Gasteiger partial charge < -0.3 is 14.2 Å². The van der Waals surface area contributed by atoms with Gasteiger partial charge in [-0.05, 0) is 77.0 Å². The van der Waals surface area contributed by atoms with E-state index >= 15 is 0 Å². The van der Waals surface area contributed by atoms with Gasteiger partial charge in [-0.25, -0.2) is 0 Å². The van der Waals surface area contributed by atoms with E-state index in [1.807, 2.05) is 0 Å². The normalized spacial score (nSPS) is 12.3. The second-order valence-electron chi connectivity index (χ2n) is 19.9. The van der Waals surface area contributed by atoms with Crippen LogP contribution in [0.3, 0.4) is 0 Å². The van der Waals surface area contributed by atoms with Gasteiger partial charge in [0.1, 0.15) is 13.2 Å². The maximum atomic E-state index is 12.9. The van der Waals surface area contributed by atoms with Gasteiger partial charge in [-0.2, -0.15) is 0 Å². The lowest BCUT2D eigenvalue weighted by Gasteiger charge is -2.18. The maximum Gasteiger partial charge on any atom is 0.306 e. The Kier molecular flexibility index (Phi) is 54.8. The summed E-state index contributed by atoms with van der Waals surface area (Å²) < 4.78 is 16.9. The van der Waals surface area contributed by atoms with Crippen molar-refractivity contribution in [3.05, 3.63) is 48.6 Å². The Morgan fingerprint density at radius 3 is 0.853 bits per heavy atom. The van der Waals surface area contributed by atoms with Gasteiger partial charge in [0, 0.05) is 19.3 Å². The molecule has 0 N–H and O–H groups in total. The highest BCUT2D eigenvalue weighted by atomic mass is 16.6. The first-order chi connectivity index (χ1) is 33.5. The van der Waals surface area contributed by atoms with Gasteiger partial charge >= 0.3 is 17.9 Å². The Morgan fingerprint density at radius 1 is 0.294 bits per heavy atom. The van der Waals surface area contributed by atoms with Crippen molar-refractivity contribution in [3.63, 3.8) is 0 Å². The Balaban J connectivity index is 4.33. The Bertz CT molecular complexity index is 1190. The van der Waals surface area contributed by atoms with Gasteiger partial charge in [0.2, 0.25) is 0 Å². The molecule has 0 fully saturated rings. The van der Waals surface area contributed by atoms with Crippen molar-refractivity contribution in [3.8, 4) is 0 Å². The molecule has 0 saturated carbocycles. The van der Waals surface area contributed by atoms with Crippen molar-refractivity contribution in [1.82, 2.24) is 0 Å². The summed E-state index contributed by atoms with van der Waals surface area (Å²) in [6.45, 7) is 6.61. The molecule has 0 saturated heterocycles. The molecule has 0 aromatic heterocycles. The summed E-state index contributed by atoms with van der Waals surface area (Å²) in [6.07, 6.45) is 69.6. The third kappa shape index (κ3) is 54.3. The average molecular weight is 954 g/mol. The van der Waals surface area contributed by atoms with Gasteiger partial charge in [0.25, 0.3) is 0 Å². The zero-order chi connectivity index (χ0) is 49.3. The fourth-order valence-corrected chi connectivity index (χ4v) is 8.55. The third-order valence-electron chi connectivity index (χ3n) is 13.1. The van der Waals surface area contributed by atoms with E-state index in [4.69, 9.17) is 14.2 Å². The lowest BCUT2D eigenvalue weighted by Crippen LogP contribution is -2.30. The van der Waals surface area contributed by atoms with Crippen LogP contribution >= 0.6 is 0 Å². The van der Waals surface area contributed by atoms with Crippen molar-refractivity contribution in [2.75, 3.05) is 13.2 Å². The second-order valence-corrected chi connectivity index (χ2v) is 19.9. The molecule has 1 unspecified atom stereocenters. The summed E-state index contributed by atoms with van der Waals surface area (Å²) in [4.78, 5) is 38.2. The van der Waals surface area contributed by atoms with E-state index in [-0.39, 0.29) is 31.1 Å². The molecule has 396 valence electrons. The first-order valence-electron chi connectivity index (χ1n) is 29.6. The minimum absolute atomic E-state index is 0.0770. The molecule has 0 amide bonds. The number of hydrogen-bond donors (Lipinski definition) is 0. The van der Waals surface area contributed by atoms with E-state index < -0.39 is 6.10 Å². The predicted molar refractivity (Wildman–Crippen MR) is 293 cm³/mol. The van der Waals surface area contributed by atoms with Crippen LogP contribution in [0, 0.1) is 0 Å². The molecule has 0 aromatic carbocycles. The highest BCUT2D eigenvalue weighted by molar-refractivity contribution is 5.71. The summed E-state index contributed by atoms with van der Waals surface area (Å²) in [5.41, 5.74) is 0. The van der Waals surface area contributed by atoms with Gasteiger partial charge in [0.15, 0.2) is 6.10 Å². The molecule has 0 aliphatic carbocycles. The van der Waals surface area contributed by atoms with Crippen LogP contribution in [0.25, 0.3) is 0 Å². The molecule has 68 heavy (non-hydrogen) atoms. The number of rotatable bonds is 54. The van der Waals surface area contributed by atoms with Crippen LogP contribution in [0.4, 0.5) is 0 Å². The van der Waals surface area contributed by atoms with Crippen LogP contribution in [-0.4, -0.2) is 37.2 Å². The van der Waals surface area contributed by atoms with Crippen molar-refractivity contribution >= 4 is 17.9 Å². The Labute approximate surface area is 422 Å². The lowest BCUT2D eigenvalue weighted by atomic mass is 10.0. The highest BCUT2D eigenvalue weighted by Crippen LogP contribution is 2.16. The summed E-state index contributed by atoms with van der Waals surface area (Å²) >= 11 is 0. The molecule has 0 bridgehead atoms. The lowest BCUT2D eigenvalue weighted by molar-refractivity contribution is -0.167. The van der Waals surface area contributed by atoms with Gasteiger partial charge in [-0.15, -0.1) is 0 Å². The van der Waals surface area contributed by atoms with Crippen LogP contribution in [0.15, 0.2) is 48.6 Å². The molecule has 0 rings (SSSR count). The number of allylic oxidation sites excluding steroid dienone is 8. The zero-order valence-corrected chi connectivity index (χ0v) is 45.4. The van der Waals surface area contributed by atoms with Gasteiger partial charge in [-0.3, -0.25) is 14.4 Å². The second kappa shape index (κ2) is 57.0. The number of esters is 3. The van der Waals surface area contributed by atoms with Gasteiger partial charge in [0.05, 0.1) is 0 Å². The topological polar surface area (TPSA) is 78.9 Å². The quantitative estimate of drug-likeness (QED) is 0.0262. The monoisotopic (exact) mass is 953 g/mol. The molecule has 6 heteroatoms. The molecular formula is C62H112O6. The van der Waals surface area contributed by atoms with Crippen LogP contribution < -0.4 is 0 Å². The van der Waals surface area contributed by atoms with Crippen LogP contribution in [0.2, 0.25) is 0 Å². The SMILES string of the molecule is CCCC/C=C\C/C=C\CCCCCCCC(=O)OCC(COC(=O)CCCCCCCCCCC/C=C\C/C=C\CCCCCCC)OC(=O)CCCCCCCCCCCCCCCCC.